The van der Waals surface area contributed by atoms with Crippen molar-refractivity contribution in [2.75, 3.05) is 5.32 Å². The Morgan fingerprint density at radius 3 is 2.80 bits per heavy atom. The molecule has 8 heteroatoms. The molecule has 2 rings (SSSR count). The number of oxazole rings is 1. The van der Waals surface area contributed by atoms with Gasteiger partial charge in [-0.15, -0.1) is 5.11 Å². The summed E-state index contributed by atoms with van der Waals surface area (Å²) in [6.45, 7) is 1.24. The number of hydrogen-bond donors (Lipinski definition) is 2. The summed E-state index contributed by atoms with van der Waals surface area (Å²) in [4.78, 5) is 26.7. The molecule has 0 radical (unpaired) electrons. The van der Waals surface area contributed by atoms with Gasteiger partial charge < -0.3 is 9.15 Å². The Hall–Kier alpha value is -3.03. The minimum absolute atomic E-state index is 0.0337. The van der Waals surface area contributed by atoms with Crippen LogP contribution in [0.3, 0.4) is 0 Å². The molecule has 0 atom stereocenters. The first-order chi connectivity index (χ1) is 9.60. The van der Waals surface area contributed by atoms with Gasteiger partial charge in [-0.3, -0.25) is 14.9 Å². The van der Waals surface area contributed by atoms with E-state index in [-0.39, 0.29) is 23.2 Å². The molecule has 0 aliphatic carbocycles. The summed E-state index contributed by atoms with van der Waals surface area (Å²) in [5.74, 6) is -0.986. The van der Waals surface area contributed by atoms with Crippen molar-refractivity contribution in [3.63, 3.8) is 0 Å². The predicted molar refractivity (Wildman–Crippen MR) is 67.0 cm³/mol. The van der Waals surface area contributed by atoms with Crippen LogP contribution in [0.15, 0.2) is 40.0 Å². The van der Waals surface area contributed by atoms with Gasteiger partial charge in [-0.05, 0) is 12.1 Å². The highest BCUT2D eigenvalue weighted by atomic mass is 16.5. The minimum atomic E-state index is -0.555. The zero-order valence-electron chi connectivity index (χ0n) is 10.4. The molecule has 102 valence electrons. The number of para-hydroxylation sites is 1. The zero-order valence-corrected chi connectivity index (χ0v) is 10.4. The van der Waals surface area contributed by atoms with Crippen LogP contribution in [0.1, 0.15) is 17.3 Å². The summed E-state index contributed by atoms with van der Waals surface area (Å²) in [6, 6.07) is 6.15. The van der Waals surface area contributed by atoms with E-state index in [1.807, 2.05) is 0 Å². The number of anilines is 1. The molecule has 1 heterocycles. The van der Waals surface area contributed by atoms with Crippen LogP contribution < -0.4 is 10.1 Å². The molecule has 0 saturated heterocycles. The van der Waals surface area contributed by atoms with Gasteiger partial charge in [-0.25, -0.2) is 5.53 Å². The van der Waals surface area contributed by atoms with E-state index in [4.69, 9.17) is 14.7 Å². The lowest BCUT2D eigenvalue weighted by Crippen LogP contribution is -2.14. The highest BCUT2D eigenvalue weighted by Gasteiger charge is 2.15. The van der Waals surface area contributed by atoms with Gasteiger partial charge in [0.2, 0.25) is 0 Å². The van der Waals surface area contributed by atoms with Crippen molar-refractivity contribution >= 4 is 23.8 Å². The summed E-state index contributed by atoms with van der Waals surface area (Å²) in [5, 5.41) is 5.40. The van der Waals surface area contributed by atoms with Crippen molar-refractivity contribution in [3.05, 3.63) is 36.0 Å². The maximum absolute atomic E-state index is 12.0. The monoisotopic (exact) mass is 274 g/mol. The van der Waals surface area contributed by atoms with Crippen LogP contribution in [0.25, 0.3) is 0 Å². The molecule has 0 aliphatic heterocycles. The van der Waals surface area contributed by atoms with Crippen molar-refractivity contribution < 1.29 is 18.7 Å². The summed E-state index contributed by atoms with van der Waals surface area (Å²) >= 11 is 0. The van der Waals surface area contributed by atoms with E-state index in [2.05, 4.69) is 15.4 Å². The average molecular weight is 274 g/mol. The first-order valence-corrected chi connectivity index (χ1v) is 5.52. The van der Waals surface area contributed by atoms with Gasteiger partial charge in [0.15, 0.2) is 0 Å². The van der Waals surface area contributed by atoms with Crippen LogP contribution in [0.4, 0.5) is 11.9 Å². The third kappa shape index (κ3) is 3.05. The third-order valence-corrected chi connectivity index (χ3v) is 2.21. The molecule has 2 aromatic rings. The zero-order chi connectivity index (χ0) is 14.5. The van der Waals surface area contributed by atoms with Crippen LogP contribution in [0.5, 0.6) is 5.75 Å². The van der Waals surface area contributed by atoms with E-state index >= 15 is 0 Å². The number of esters is 1. The lowest BCUT2D eigenvalue weighted by Gasteiger charge is -2.07. The fraction of sp³-hybridized carbons (Fsp3) is 0.0833. The average Bonchev–Trinajstić information content (AvgIpc) is 2.86. The quantitative estimate of drug-likeness (QED) is 0.504. The van der Waals surface area contributed by atoms with Crippen molar-refractivity contribution in [2.45, 2.75) is 6.92 Å². The third-order valence-electron chi connectivity index (χ3n) is 2.21. The Bertz CT molecular complexity index is 665. The van der Waals surface area contributed by atoms with Crippen molar-refractivity contribution in [1.82, 2.24) is 4.98 Å². The molecule has 1 aromatic heterocycles. The molecular weight excluding hydrogens is 264 g/mol. The van der Waals surface area contributed by atoms with E-state index < -0.39 is 11.9 Å². The Morgan fingerprint density at radius 1 is 1.40 bits per heavy atom. The molecule has 2 N–H and O–H groups in total. The maximum atomic E-state index is 12.0. The number of hydrogen-bond acceptors (Lipinski definition) is 7. The number of benzene rings is 1. The van der Waals surface area contributed by atoms with Gasteiger partial charge in [0.25, 0.3) is 11.8 Å². The van der Waals surface area contributed by atoms with Crippen molar-refractivity contribution in [2.24, 2.45) is 5.11 Å². The maximum Gasteiger partial charge on any atom is 0.308 e. The SMILES string of the molecule is CC(=O)Oc1ccccc1C(=O)Nc1ncc(N=N)o1. The van der Waals surface area contributed by atoms with Gasteiger partial charge in [0.05, 0.1) is 11.8 Å². The molecule has 0 saturated carbocycles. The van der Waals surface area contributed by atoms with E-state index in [1.54, 1.807) is 12.1 Å². The normalized spacial score (nSPS) is 9.85. The number of nitrogens with zero attached hydrogens (tertiary/aromatic N) is 2. The van der Waals surface area contributed by atoms with Crippen molar-refractivity contribution in [1.29, 1.82) is 5.53 Å². The first kappa shape index (κ1) is 13.4. The molecule has 20 heavy (non-hydrogen) atoms. The minimum Gasteiger partial charge on any atom is -0.426 e. The van der Waals surface area contributed by atoms with Gasteiger partial charge in [-0.1, -0.05) is 12.1 Å². The van der Waals surface area contributed by atoms with E-state index in [9.17, 15) is 9.59 Å². The molecule has 1 aromatic carbocycles. The van der Waals surface area contributed by atoms with Gasteiger partial charge in [-0.2, -0.15) is 4.98 Å². The number of carbonyl (C=O) groups excluding carboxylic acids is 2. The summed E-state index contributed by atoms with van der Waals surface area (Å²) in [6.07, 6.45) is 1.20. The summed E-state index contributed by atoms with van der Waals surface area (Å²) < 4.78 is 9.87. The van der Waals surface area contributed by atoms with E-state index in [0.717, 1.165) is 0 Å². The van der Waals surface area contributed by atoms with Crippen LogP contribution in [0.2, 0.25) is 0 Å². The van der Waals surface area contributed by atoms with Crippen LogP contribution in [0, 0.1) is 5.53 Å². The Morgan fingerprint density at radius 2 is 2.15 bits per heavy atom. The summed E-state index contributed by atoms with van der Waals surface area (Å²) in [7, 11) is 0. The smallest absolute Gasteiger partial charge is 0.308 e. The Labute approximate surface area is 113 Å². The molecule has 8 nitrogen and oxygen atoms in total. The Balaban J connectivity index is 2.20. The van der Waals surface area contributed by atoms with Gasteiger partial charge in [0, 0.05) is 6.92 Å². The molecular formula is C12H10N4O4. The lowest BCUT2D eigenvalue weighted by molar-refractivity contribution is -0.131. The Kier molecular flexibility index (Phi) is 3.85. The largest absolute Gasteiger partial charge is 0.426 e. The number of rotatable bonds is 4. The molecule has 0 aliphatic rings. The second-order valence-electron chi connectivity index (χ2n) is 3.66. The second-order valence-corrected chi connectivity index (χ2v) is 3.66. The topological polar surface area (TPSA) is 118 Å². The molecule has 0 fully saturated rings. The fourth-order valence-electron chi connectivity index (χ4n) is 1.44. The number of carbonyl (C=O) groups is 2. The molecule has 0 bridgehead atoms. The summed E-state index contributed by atoms with van der Waals surface area (Å²) in [5.41, 5.74) is 6.89. The van der Waals surface area contributed by atoms with Crippen molar-refractivity contribution in [3.8, 4) is 5.75 Å². The predicted octanol–water partition coefficient (Wildman–Crippen LogP) is 2.51. The lowest BCUT2D eigenvalue weighted by atomic mass is 10.2. The van der Waals surface area contributed by atoms with Gasteiger partial charge >= 0.3 is 12.0 Å². The number of aromatic nitrogens is 1. The highest BCUT2D eigenvalue weighted by Crippen LogP contribution is 2.21. The second kappa shape index (κ2) is 5.74. The van der Waals surface area contributed by atoms with E-state index in [1.165, 1.54) is 25.3 Å². The number of amides is 1. The molecule has 0 spiro atoms. The standard InChI is InChI=1S/C12H10N4O4/c1-7(17)19-9-5-3-2-4-8(9)11(18)15-12-14-6-10(16-13)20-12/h2-6,13H,1H3,(H,14,15,18). The van der Waals surface area contributed by atoms with Crippen LogP contribution in [-0.2, 0) is 4.79 Å². The first-order valence-electron chi connectivity index (χ1n) is 5.52. The number of ether oxygens (including phenoxy) is 1. The highest BCUT2D eigenvalue weighted by molar-refractivity contribution is 6.05. The number of nitrogens with one attached hydrogen (secondary N) is 2. The fourth-order valence-corrected chi connectivity index (χ4v) is 1.44. The molecule has 0 unspecified atom stereocenters. The van der Waals surface area contributed by atoms with Crippen LogP contribution in [-0.4, -0.2) is 16.9 Å². The van der Waals surface area contributed by atoms with E-state index in [0.29, 0.717) is 0 Å². The van der Waals surface area contributed by atoms with Crippen LogP contribution >= 0.6 is 0 Å². The van der Waals surface area contributed by atoms with Gasteiger partial charge in [0.1, 0.15) is 5.75 Å². The molecule has 1 amide bonds.